The average Bonchev–Trinajstić information content (AvgIpc) is 3.32. The number of aliphatic hydroxyl groups is 1. The van der Waals surface area contributed by atoms with Crippen LogP contribution in [0.1, 0.15) is 68.4 Å². The molecule has 0 spiro atoms. The molecule has 5 nitrogen and oxygen atoms in total. The SMILES string of the molecule is Cc1snnc1[C@@H](c1cccc(N2Cc3c(cc(CO)cc3C(F)(F)F)C2=O)c1)C1CCC1. The topological polar surface area (TPSA) is 66.3 Å². The zero-order valence-corrected chi connectivity index (χ0v) is 18.7. The molecular weight excluding hydrogens is 451 g/mol. The van der Waals surface area contributed by atoms with Crippen molar-refractivity contribution in [2.24, 2.45) is 5.92 Å². The standard InChI is InChI=1S/C24H22F3N3O2S/c1-13-22(28-29-33-13)21(15-4-2-5-15)16-6-3-7-17(10-16)30-11-19-18(23(30)32)8-14(12-31)9-20(19)24(25,26)27/h3,6-10,15,21,31H,2,4-5,11-12H2,1H3/t21-/m1/s1. The molecule has 2 aromatic carbocycles. The number of amides is 1. The molecule has 33 heavy (non-hydrogen) atoms. The van der Waals surface area contributed by atoms with E-state index in [1.165, 1.54) is 22.5 Å². The van der Waals surface area contributed by atoms with Crippen LogP contribution in [0.3, 0.4) is 0 Å². The third-order valence-electron chi connectivity index (χ3n) is 6.73. The molecule has 1 aliphatic carbocycles. The van der Waals surface area contributed by atoms with E-state index in [4.69, 9.17) is 0 Å². The first-order valence-electron chi connectivity index (χ1n) is 10.8. The minimum atomic E-state index is -4.61. The van der Waals surface area contributed by atoms with Crippen molar-refractivity contribution in [2.45, 2.75) is 51.4 Å². The third kappa shape index (κ3) is 3.83. The van der Waals surface area contributed by atoms with E-state index in [0.717, 1.165) is 41.5 Å². The molecule has 0 unspecified atom stereocenters. The summed E-state index contributed by atoms with van der Waals surface area (Å²) < 4.78 is 45.2. The molecule has 9 heteroatoms. The molecule has 1 aliphatic heterocycles. The van der Waals surface area contributed by atoms with Gasteiger partial charge in [-0.3, -0.25) is 4.79 Å². The predicted molar refractivity (Wildman–Crippen MR) is 118 cm³/mol. The maximum Gasteiger partial charge on any atom is 0.416 e. The van der Waals surface area contributed by atoms with Gasteiger partial charge in [0, 0.05) is 22.0 Å². The quantitative estimate of drug-likeness (QED) is 0.535. The molecule has 1 saturated carbocycles. The van der Waals surface area contributed by atoms with Gasteiger partial charge in [0.2, 0.25) is 0 Å². The molecule has 1 fully saturated rings. The van der Waals surface area contributed by atoms with Gasteiger partial charge in [-0.1, -0.05) is 23.0 Å². The van der Waals surface area contributed by atoms with Gasteiger partial charge in [0.05, 0.1) is 24.4 Å². The minimum absolute atomic E-state index is 0.00522. The lowest BCUT2D eigenvalue weighted by molar-refractivity contribution is -0.138. The van der Waals surface area contributed by atoms with Gasteiger partial charge in [0.1, 0.15) is 0 Å². The fourth-order valence-electron chi connectivity index (χ4n) is 4.86. The number of nitrogens with zero attached hydrogens (tertiary/aromatic N) is 3. The second-order valence-corrected chi connectivity index (χ2v) is 9.65. The van der Waals surface area contributed by atoms with Crippen molar-refractivity contribution in [1.82, 2.24) is 9.59 Å². The summed E-state index contributed by atoms with van der Waals surface area (Å²) in [5.74, 6) is -0.0165. The zero-order valence-electron chi connectivity index (χ0n) is 17.9. The monoisotopic (exact) mass is 473 g/mol. The number of halogens is 3. The van der Waals surface area contributed by atoms with Gasteiger partial charge in [0.25, 0.3) is 5.91 Å². The van der Waals surface area contributed by atoms with Gasteiger partial charge in [-0.15, -0.1) is 5.10 Å². The number of hydrogen-bond donors (Lipinski definition) is 1. The Morgan fingerprint density at radius 1 is 1.24 bits per heavy atom. The summed E-state index contributed by atoms with van der Waals surface area (Å²) in [6.45, 7) is 1.26. The number of benzene rings is 2. The summed E-state index contributed by atoms with van der Waals surface area (Å²) in [5.41, 5.74) is 1.62. The number of carbonyl (C=O) groups is 1. The molecule has 0 radical (unpaired) electrons. The van der Waals surface area contributed by atoms with Crippen molar-refractivity contribution in [1.29, 1.82) is 0 Å². The summed E-state index contributed by atoms with van der Waals surface area (Å²) in [4.78, 5) is 15.6. The zero-order chi connectivity index (χ0) is 23.3. The number of aromatic nitrogens is 2. The first-order valence-corrected chi connectivity index (χ1v) is 11.6. The van der Waals surface area contributed by atoms with Crippen LogP contribution in [0.5, 0.6) is 0 Å². The van der Waals surface area contributed by atoms with Crippen molar-refractivity contribution < 1.29 is 23.1 Å². The van der Waals surface area contributed by atoms with Crippen LogP contribution in [0, 0.1) is 12.8 Å². The molecule has 2 heterocycles. The summed E-state index contributed by atoms with van der Waals surface area (Å²) in [5, 5.41) is 13.8. The van der Waals surface area contributed by atoms with E-state index in [-0.39, 0.29) is 29.2 Å². The van der Waals surface area contributed by atoms with Crippen LogP contribution < -0.4 is 4.90 Å². The van der Waals surface area contributed by atoms with E-state index in [1.54, 1.807) is 6.07 Å². The number of anilines is 1. The maximum atomic E-state index is 13.7. The third-order valence-corrected chi connectivity index (χ3v) is 7.38. The van der Waals surface area contributed by atoms with Crippen molar-refractivity contribution >= 4 is 23.1 Å². The summed E-state index contributed by atoms with van der Waals surface area (Å²) >= 11 is 1.36. The van der Waals surface area contributed by atoms with Crippen LogP contribution in [-0.4, -0.2) is 20.6 Å². The summed E-state index contributed by atoms with van der Waals surface area (Å²) in [7, 11) is 0. The second kappa shape index (κ2) is 8.22. The van der Waals surface area contributed by atoms with Crippen LogP contribution in [0.25, 0.3) is 0 Å². The lowest BCUT2D eigenvalue weighted by Crippen LogP contribution is -2.25. The van der Waals surface area contributed by atoms with Crippen LogP contribution in [-0.2, 0) is 19.3 Å². The molecule has 1 N–H and O–H groups in total. The minimum Gasteiger partial charge on any atom is -0.392 e. The normalized spacial score (nSPS) is 17.2. The predicted octanol–water partition coefficient (Wildman–Crippen LogP) is 5.45. The van der Waals surface area contributed by atoms with Gasteiger partial charge in [-0.05, 0) is 78.2 Å². The van der Waals surface area contributed by atoms with Gasteiger partial charge in [-0.2, -0.15) is 13.2 Å². The molecular formula is C24H22F3N3O2S. The van der Waals surface area contributed by atoms with E-state index in [0.29, 0.717) is 11.6 Å². The van der Waals surface area contributed by atoms with Gasteiger partial charge >= 0.3 is 6.18 Å². The molecule has 2 aliphatic rings. The summed E-state index contributed by atoms with van der Waals surface area (Å²) in [6, 6.07) is 9.76. The number of alkyl halides is 3. The number of fused-ring (bicyclic) bond motifs is 1. The number of aliphatic hydroxyl groups excluding tert-OH is 1. The molecule has 5 rings (SSSR count). The van der Waals surface area contributed by atoms with Crippen molar-refractivity contribution in [2.75, 3.05) is 4.90 Å². The Kier molecular flexibility index (Phi) is 5.49. The lowest BCUT2D eigenvalue weighted by Gasteiger charge is -2.34. The smallest absolute Gasteiger partial charge is 0.392 e. The van der Waals surface area contributed by atoms with Crippen molar-refractivity contribution in [3.63, 3.8) is 0 Å². The molecule has 3 aromatic rings. The second-order valence-electron chi connectivity index (χ2n) is 8.69. The van der Waals surface area contributed by atoms with Crippen molar-refractivity contribution in [3.05, 3.63) is 74.8 Å². The van der Waals surface area contributed by atoms with E-state index >= 15 is 0 Å². The molecule has 1 atom stereocenters. The van der Waals surface area contributed by atoms with Crippen molar-refractivity contribution in [3.8, 4) is 0 Å². The first kappa shape index (κ1) is 22.0. The highest BCUT2D eigenvalue weighted by molar-refractivity contribution is 7.05. The Balaban J connectivity index is 1.54. The number of carbonyl (C=O) groups excluding carboxylic acids is 1. The van der Waals surface area contributed by atoms with Gasteiger partial charge in [0.15, 0.2) is 0 Å². The first-order chi connectivity index (χ1) is 15.8. The van der Waals surface area contributed by atoms with Gasteiger partial charge in [-0.25, -0.2) is 0 Å². The lowest BCUT2D eigenvalue weighted by atomic mass is 9.71. The Bertz CT molecular complexity index is 1220. The fraction of sp³-hybridized carbons (Fsp3) is 0.375. The van der Waals surface area contributed by atoms with E-state index in [1.807, 2.05) is 25.1 Å². The molecule has 1 aromatic heterocycles. The van der Waals surface area contributed by atoms with Crippen LogP contribution in [0.2, 0.25) is 0 Å². The van der Waals surface area contributed by atoms with E-state index < -0.39 is 24.3 Å². The highest BCUT2D eigenvalue weighted by Gasteiger charge is 2.41. The average molecular weight is 474 g/mol. The molecule has 0 saturated heterocycles. The maximum absolute atomic E-state index is 13.7. The summed E-state index contributed by atoms with van der Waals surface area (Å²) in [6.07, 6.45) is -1.29. The molecule has 1 amide bonds. The highest BCUT2D eigenvalue weighted by atomic mass is 32.1. The largest absolute Gasteiger partial charge is 0.416 e. The number of aryl methyl sites for hydroxylation is 1. The Morgan fingerprint density at radius 3 is 2.64 bits per heavy atom. The Hall–Kier alpha value is -2.78. The van der Waals surface area contributed by atoms with E-state index in [2.05, 4.69) is 9.59 Å². The van der Waals surface area contributed by atoms with E-state index in [9.17, 15) is 23.1 Å². The Morgan fingerprint density at radius 2 is 2.03 bits per heavy atom. The molecule has 172 valence electrons. The van der Waals surface area contributed by atoms with Gasteiger partial charge < -0.3 is 10.0 Å². The fourth-order valence-corrected chi connectivity index (χ4v) is 5.37. The van der Waals surface area contributed by atoms with Crippen LogP contribution in [0.4, 0.5) is 18.9 Å². The number of hydrogen-bond acceptors (Lipinski definition) is 5. The Labute approximate surface area is 193 Å². The highest BCUT2D eigenvalue weighted by Crippen LogP contribution is 2.45. The van der Waals surface area contributed by atoms with Crippen LogP contribution in [0.15, 0.2) is 36.4 Å². The van der Waals surface area contributed by atoms with Crippen LogP contribution >= 0.6 is 11.5 Å². The number of rotatable bonds is 5. The molecule has 0 bridgehead atoms.